The van der Waals surface area contributed by atoms with Gasteiger partial charge in [-0.3, -0.25) is 9.78 Å². The predicted molar refractivity (Wildman–Crippen MR) is 118 cm³/mol. The Balaban J connectivity index is 2.33. The quantitative estimate of drug-likeness (QED) is 0.339. The van der Waals surface area contributed by atoms with Crippen molar-refractivity contribution in [2.24, 2.45) is 5.92 Å². The topological polar surface area (TPSA) is 50.2 Å². The highest BCUT2D eigenvalue weighted by Gasteiger charge is 2.30. The summed E-state index contributed by atoms with van der Waals surface area (Å²) in [5.74, 6) is -2.31. The number of aliphatic hydroxyl groups is 1. The van der Waals surface area contributed by atoms with Gasteiger partial charge in [-0.25, -0.2) is 8.78 Å². The molecule has 3 nitrogen and oxygen atoms in total. The molecule has 3 aromatic rings. The zero-order valence-corrected chi connectivity index (χ0v) is 17.9. The van der Waals surface area contributed by atoms with E-state index in [9.17, 15) is 18.7 Å². The standard InChI is InChI=1S/C25H22ClF2NO2/c1-3-15(2)22(20-10-9-19(27)13-21(20)28)23(25(31)17-7-5-11-29-14-17)24(30)16-6-4-8-18(26)12-16/h4-15,25,31H,3H2,1-2H3/b23-22-. The Morgan fingerprint density at radius 2 is 1.90 bits per heavy atom. The van der Waals surface area contributed by atoms with Crippen molar-refractivity contribution in [1.29, 1.82) is 0 Å². The number of hydrogen-bond donors (Lipinski definition) is 1. The first kappa shape index (κ1) is 22.8. The van der Waals surface area contributed by atoms with Crippen LogP contribution in [0.5, 0.6) is 0 Å². The molecule has 1 aromatic heterocycles. The summed E-state index contributed by atoms with van der Waals surface area (Å²) in [5, 5.41) is 11.6. The van der Waals surface area contributed by atoms with Crippen LogP contribution >= 0.6 is 11.6 Å². The molecule has 0 bridgehead atoms. The molecule has 1 N–H and O–H groups in total. The molecule has 31 heavy (non-hydrogen) atoms. The van der Waals surface area contributed by atoms with Crippen molar-refractivity contribution in [2.45, 2.75) is 26.4 Å². The third kappa shape index (κ3) is 5.06. The number of aromatic nitrogens is 1. The Kier molecular flexibility index (Phi) is 7.31. The van der Waals surface area contributed by atoms with Crippen LogP contribution in [0.1, 0.15) is 47.9 Å². The summed E-state index contributed by atoms with van der Waals surface area (Å²) in [4.78, 5) is 17.7. The lowest BCUT2D eigenvalue weighted by Gasteiger charge is -2.24. The van der Waals surface area contributed by atoms with Gasteiger partial charge in [0.2, 0.25) is 0 Å². The lowest BCUT2D eigenvalue weighted by Crippen LogP contribution is -2.18. The number of carbonyl (C=O) groups is 1. The van der Waals surface area contributed by atoms with Gasteiger partial charge in [-0.1, -0.05) is 43.6 Å². The zero-order chi connectivity index (χ0) is 22.5. The first-order chi connectivity index (χ1) is 14.8. The van der Waals surface area contributed by atoms with E-state index in [2.05, 4.69) is 4.98 Å². The van der Waals surface area contributed by atoms with E-state index in [1.807, 2.05) is 13.8 Å². The number of carbonyl (C=O) groups excluding carboxylic acids is 1. The fourth-order valence-electron chi connectivity index (χ4n) is 3.47. The second kappa shape index (κ2) is 9.94. The van der Waals surface area contributed by atoms with Crippen LogP contribution in [0.2, 0.25) is 5.02 Å². The molecule has 2 aromatic carbocycles. The van der Waals surface area contributed by atoms with Gasteiger partial charge in [-0.15, -0.1) is 0 Å². The number of nitrogens with zero attached hydrogens (tertiary/aromatic N) is 1. The Bertz CT molecular complexity index is 1120. The van der Waals surface area contributed by atoms with Crippen LogP contribution in [0.15, 0.2) is 72.6 Å². The molecule has 0 aliphatic carbocycles. The second-order valence-corrected chi connectivity index (χ2v) is 7.73. The fraction of sp³-hybridized carbons (Fsp3) is 0.200. The minimum Gasteiger partial charge on any atom is -0.383 e. The number of rotatable bonds is 7. The van der Waals surface area contributed by atoms with Gasteiger partial charge >= 0.3 is 0 Å². The lowest BCUT2D eigenvalue weighted by molar-refractivity contribution is 0.0987. The molecule has 160 valence electrons. The Morgan fingerprint density at radius 3 is 2.52 bits per heavy atom. The van der Waals surface area contributed by atoms with Crippen LogP contribution in [-0.2, 0) is 0 Å². The van der Waals surface area contributed by atoms with Crippen LogP contribution in [0.4, 0.5) is 8.78 Å². The largest absolute Gasteiger partial charge is 0.383 e. The molecule has 2 atom stereocenters. The number of pyridine rings is 1. The molecule has 2 unspecified atom stereocenters. The number of benzene rings is 2. The summed E-state index contributed by atoms with van der Waals surface area (Å²) in [6, 6.07) is 12.8. The Labute approximate surface area is 185 Å². The molecule has 0 spiro atoms. The van der Waals surface area contributed by atoms with Gasteiger partial charge in [0.05, 0.1) is 0 Å². The first-order valence-electron chi connectivity index (χ1n) is 9.91. The van der Waals surface area contributed by atoms with Crippen LogP contribution in [0, 0.1) is 17.6 Å². The smallest absolute Gasteiger partial charge is 0.192 e. The zero-order valence-electron chi connectivity index (χ0n) is 17.1. The Morgan fingerprint density at radius 1 is 1.13 bits per heavy atom. The van der Waals surface area contributed by atoms with Crippen molar-refractivity contribution < 1.29 is 18.7 Å². The van der Waals surface area contributed by atoms with Crippen LogP contribution in [0.25, 0.3) is 5.57 Å². The maximum absolute atomic E-state index is 14.9. The number of Topliss-reactive ketones (excluding diaryl/α,β-unsaturated/α-hetero) is 1. The average molecular weight is 442 g/mol. The third-order valence-electron chi connectivity index (χ3n) is 5.22. The highest BCUT2D eigenvalue weighted by Crippen LogP contribution is 2.38. The summed E-state index contributed by atoms with van der Waals surface area (Å²) in [5.41, 5.74) is 1.05. The molecule has 6 heteroatoms. The average Bonchev–Trinajstić information content (AvgIpc) is 2.77. The van der Waals surface area contributed by atoms with E-state index in [0.717, 1.165) is 12.1 Å². The van der Waals surface area contributed by atoms with Gasteiger partial charge in [0, 0.05) is 45.7 Å². The molecule has 0 saturated heterocycles. The minimum atomic E-state index is -1.37. The molecule has 0 radical (unpaired) electrons. The number of halogens is 3. The lowest BCUT2D eigenvalue weighted by atomic mass is 9.81. The van der Waals surface area contributed by atoms with Gasteiger partial charge in [0.15, 0.2) is 5.78 Å². The Hall–Kier alpha value is -2.89. The van der Waals surface area contributed by atoms with Crippen molar-refractivity contribution in [3.05, 3.63) is 106 Å². The molecular weight excluding hydrogens is 420 g/mol. The predicted octanol–water partition coefficient (Wildman–Crippen LogP) is 6.43. The van der Waals surface area contributed by atoms with Crippen LogP contribution in [-0.4, -0.2) is 15.9 Å². The number of allylic oxidation sites excluding steroid dienone is 1. The van der Waals surface area contributed by atoms with Gasteiger partial charge in [0.1, 0.15) is 17.7 Å². The normalized spacial score (nSPS) is 14.0. The van der Waals surface area contributed by atoms with Crippen LogP contribution < -0.4 is 0 Å². The van der Waals surface area contributed by atoms with E-state index in [1.165, 1.54) is 18.3 Å². The summed E-state index contributed by atoms with van der Waals surface area (Å²) in [7, 11) is 0. The monoisotopic (exact) mass is 441 g/mol. The number of aliphatic hydroxyl groups excluding tert-OH is 1. The molecule has 0 amide bonds. The molecule has 3 rings (SSSR count). The maximum Gasteiger partial charge on any atom is 0.192 e. The molecule has 0 saturated carbocycles. The number of hydrogen-bond acceptors (Lipinski definition) is 3. The van der Waals surface area contributed by atoms with Crippen LogP contribution in [0.3, 0.4) is 0 Å². The number of ketones is 1. The molecule has 0 fully saturated rings. The summed E-state index contributed by atoms with van der Waals surface area (Å²) >= 11 is 6.08. The second-order valence-electron chi connectivity index (χ2n) is 7.29. The van der Waals surface area contributed by atoms with Gasteiger partial charge in [-0.2, -0.15) is 0 Å². The molecule has 0 aliphatic heterocycles. The van der Waals surface area contributed by atoms with Gasteiger partial charge < -0.3 is 5.11 Å². The minimum absolute atomic E-state index is 0.00937. The van der Waals surface area contributed by atoms with E-state index < -0.39 is 23.5 Å². The van der Waals surface area contributed by atoms with Crippen molar-refractivity contribution in [3.8, 4) is 0 Å². The van der Waals surface area contributed by atoms with Gasteiger partial charge in [-0.05, 0) is 48.2 Å². The van der Waals surface area contributed by atoms with E-state index in [-0.39, 0.29) is 22.6 Å². The van der Waals surface area contributed by atoms with E-state index >= 15 is 0 Å². The molecular formula is C25H22ClF2NO2. The summed E-state index contributed by atoms with van der Waals surface area (Å²) in [6.45, 7) is 3.73. The van der Waals surface area contributed by atoms with E-state index in [0.29, 0.717) is 22.6 Å². The van der Waals surface area contributed by atoms with Crippen molar-refractivity contribution in [2.75, 3.05) is 0 Å². The molecule has 1 heterocycles. The fourth-order valence-corrected chi connectivity index (χ4v) is 3.66. The molecule has 0 aliphatic rings. The third-order valence-corrected chi connectivity index (χ3v) is 5.46. The highest BCUT2D eigenvalue weighted by atomic mass is 35.5. The van der Waals surface area contributed by atoms with Crippen molar-refractivity contribution >= 4 is 23.0 Å². The summed E-state index contributed by atoms with van der Waals surface area (Å²) in [6.07, 6.45) is 2.20. The maximum atomic E-state index is 14.9. The van der Waals surface area contributed by atoms with Gasteiger partial charge in [0.25, 0.3) is 0 Å². The van der Waals surface area contributed by atoms with Crippen molar-refractivity contribution in [3.63, 3.8) is 0 Å². The first-order valence-corrected chi connectivity index (χ1v) is 10.3. The van der Waals surface area contributed by atoms with E-state index in [1.54, 1.807) is 36.5 Å². The highest BCUT2D eigenvalue weighted by molar-refractivity contribution is 6.31. The SMILES string of the molecule is CCC(C)/C(=C(\C(=O)c1cccc(Cl)c1)C(O)c1cccnc1)c1ccc(F)cc1F. The van der Waals surface area contributed by atoms with E-state index in [4.69, 9.17) is 11.6 Å². The van der Waals surface area contributed by atoms with Crippen molar-refractivity contribution in [1.82, 2.24) is 4.98 Å². The summed E-state index contributed by atoms with van der Waals surface area (Å²) < 4.78 is 28.4.